The lowest BCUT2D eigenvalue weighted by Crippen LogP contribution is -2.21. The number of methoxy groups -OCH3 is 2. The van der Waals surface area contributed by atoms with E-state index in [4.69, 9.17) is 14.2 Å². The standard InChI is InChI=1S/C23H27NO5/c1-5-16(2)19-8-6-7-9-20(19)24-22(25)15-29-23(26)13-10-17-14-18(27-3)11-12-21(17)28-4/h6-14,16H,5,15H2,1-4H3,(H,24,25)/b13-10+/t16-/m0/s1. The molecule has 0 aliphatic carbocycles. The number of para-hydroxylation sites is 1. The van der Waals surface area contributed by atoms with Gasteiger partial charge in [-0.2, -0.15) is 0 Å². The van der Waals surface area contributed by atoms with Crippen LogP contribution in [0.1, 0.15) is 37.3 Å². The zero-order valence-electron chi connectivity index (χ0n) is 17.2. The number of hydrogen-bond donors (Lipinski definition) is 1. The summed E-state index contributed by atoms with van der Waals surface area (Å²) in [5.74, 6) is 0.531. The minimum atomic E-state index is -0.625. The van der Waals surface area contributed by atoms with Crippen molar-refractivity contribution in [2.24, 2.45) is 0 Å². The first-order chi connectivity index (χ1) is 14.0. The van der Waals surface area contributed by atoms with Crippen molar-refractivity contribution in [3.8, 4) is 11.5 Å². The zero-order chi connectivity index (χ0) is 21.2. The molecule has 29 heavy (non-hydrogen) atoms. The van der Waals surface area contributed by atoms with Gasteiger partial charge in [0.2, 0.25) is 0 Å². The lowest BCUT2D eigenvalue weighted by Gasteiger charge is -2.15. The van der Waals surface area contributed by atoms with Gasteiger partial charge in [0.1, 0.15) is 11.5 Å². The molecule has 1 atom stereocenters. The van der Waals surface area contributed by atoms with E-state index in [9.17, 15) is 9.59 Å². The first-order valence-electron chi connectivity index (χ1n) is 9.44. The number of amides is 1. The second-order valence-electron chi connectivity index (χ2n) is 6.49. The van der Waals surface area contributed by atoms with Crippen LogP contribution < -0.4 is 14.8 Å². The van der Waals surface area contributed by atoms with Crippen LogP contribution in [0, 0.1) is 0 Å². The molecule has 2 aromatic carbocycles. The van der Waals surface area contributed by atoms with Gasteiger partial charge in [0, 0.05) is 17.3 Å². The third-order valence-electron chi connectivity index (χ3n) is 4.56. The highest BCUT2D eigenvalue weighted by molar-refractivity contribution is 5.95. The molecule has 1 amide bonds. The lowest BCUT2D eigenvalue weighted by molar-refractivity contribution is -0.142. The molecule has 0 aliphatic rings. The van der Waals surface area contributed by atoms with Crippen molar-refractivity contribution in [2.45, 2.75) is 26.2 Å². The quantitative estimate of drug-likeness (QED) is 0.501. The van der Waals surface area contributed by atoms with E-state index in [1.807, 2.05) is 24.3 Å². The van der Waals surface area contributed by atoms with Gasteiger partial charge < -0.3 is 19.5 Å². The van der Waals surface area contributed by atoms with Crippen molar-refractivity contribution in [3.63, 3.8) is 0 Å². The molecule has 0 aliphatic heterocycles. The summed E-state index contributed by atoms with van der Waals surface area (Å²) in [5, 5.41) is 2.81. The predicted octanol–water partition coefficient (Wildman–Crippen LogP) is 4.41. The highest BCUT2D eigenvalue weighted by Crippen LogP contribution is 2.27. The minimum Gasteiger partial charge on any atom is -0.497 e. The normalized spacial score (nSPS) is 11.7. The van der Waals surface area contributed by atoms with Gasteiger partial charge in [-0.1, -0.05) is 32.0 Å². The van der Waals surface area contributed by atoms with Crippen molar-refractivity contribution in [1.29, 1.82) is 0 Å². The average molecular weight is 397 g/mol. The maximum atomic E-state index is 12.2. The van der Waals surface area contributed by atoms with Crippen LogP contribution in [0.25, 0.3) is 6.08 Å². The number of carbonyl (C=O) groups excluding carboxylic acids is 2. The Kier molecular flexibility index (Phi) is 8.27. The molecule has 2 rings (SSSR count). The van der Waals surface area contributed by atoms with Gasteiger partial charge in [-0.15, -0.1) is 0 Å². The fraction of sp³-hybridized carbons (Fsp3) is 0.304. The van der Waals surface area contributed by atoms with Gasteiger partial charge in [-0.05, 0) is 48.2 Å². The third kappa shape index (κ3) is 6.38. The Morgan fingerprint density at radius 1 is 1.10 bits per heavy atom. The van der Waals surface area contributed by atoms with E-state index in [0.29, 0.717) is 23.0 Å². The van der Waals surface area contributed by atoms with E-state index < -0.39 is 5.97 Å². The fourth-order valence-corrected chi connectivity index (χ4v) is 2.76. The van der Waals surface area contributed by atoms with Crippen LogP contribution in [-0.4, -0.2) is 32.7 Å². The van der Waals surface area contributed by atoms with Crippen LogP contribution in [-0.2, 0) is 14.3 Å². The summed E-state index contributed by atoms with van der Waals surface area (Å²) in [6.07, 6.45) is 3.76. The van der Waals surface area contributed by atoms with E-state index in [2.05, 4.69) is 19.2 Å². The summed E-state index contributed by atoms with van der Waals surface area (Å²) in [7, 11) is 3.10. The van der Waals surface area contributed by atoms with Crippen LogP contribution >= 0.6 is 0 Å². The van der Waals surface area contributed by atoms with Gasteiger partial charge in [0.15, 0.2) is 6.61 Å². The predicted molar refractivity (Wildman–Crippen MR) is 113 cm³/mol. The van der Waals surface area contributed by atoms with E-state index in [1.165, 1.54) is 6.08 Å². The molecule has 0 unspecified atom stereocenters. The number of rotatable bonds is 9. The molecular formula is C23H27NO5. The average Bonchev–Trinajstić information content (AvgIpc) is 2.75. The van der Waals surface area contributed by atoms with Gasteiger partial charge in [0.25, 0.3) is 5.91 Å². The Hall–Kier alpha value is -3.28. The van der Waals surface area contributed by atoms with Crippen LogP contribution in [0.4, 0.5) is 5.69 Å². The van der Waals surface area contributed by atoms with Gasteiger partial charge in [-0.25, -0.2) is 4.79 Å². The summed E-state index contributed by atoms with van der Waals surface area (Å²) >= 11 is 0. The van der Waals surface area contributed by atoms with Gasteiger partial charge in [-0.3, -0.25) is 4.79 Å². The molecule has 0 aromatic heterocycles. The number of hydrogen-bond acceptors (Lipinski definition) is 5. The van der Waals surface area contributed by atoms with Crippen LogP contribution in [0.3, 0.4) is 0 Å². The van der Waals surface area contributed by atoms with Crippen LogP contribution in [0.15, 0.2) is 48.5 Å². The largest absolute Gasteiger partial charge is 0.497 e. The molecule has 2 aromatic rings. The van der Waals surface area contributed by atoms with Crippen molar-refractivity contribution in [2.75, 3.05) is 26.1 Å². The number of ether oxygens (including phenoxy) is 3. The lowest BCUT2D eigenvalue weighted by atomic mass is 9.97. The number of anilines is 1. The van der Waals surface area contributed by atoms with E-state index in [0.717, 1.165) is 17.7 Å². The molecule has 0 bridgehead atoms. The second-order valence-corrected chi connectivity index (χ2v) is 6.49. The van der Waals surface area contributed by atoms with Crippen molar-refractivity contribution >= 4 is 23.6 Å². The third-order valence-corrected chi connectivity index (χ3v) is 4.56. The highest BCUT2D eigenvalue weighted by Gasteiger charge is 2.12. The smallest absolute Gasteiger partial charge is 0.331 e. The topological polar surface area (TPSA) is 73.9 Å². The monoisotopic (exact) mass is 397 g/mol. The fourth-order valence-electron chi connectivity index (χ4n) is 2.76. The second kappa shape index (κ2) is 10.9. The maximum Gasteiger partial charge on any atom is 0.331 e. The first kappa shape index (κ1) is 22.0. The number of benzene rings is 2. The Labute approximate surface area is 171 Å². The molecule has 6 nitrogen and oxygen atoms in total. The first-order valence-corrected chi connectivity index (χ1v) is 9.44. The van der Waals surface area contributed by atoms with Gasteiger partial charge >= 0.3 is 5.97 Å². The Bertz CT molecular complexity index is 875. The summed E-state index contributed by atoms with van der Waals surface area (Å²) in [6, 6.07) is 12.9. The molecule has 0 fully saturated rings. The Balaban J connectivity index is 1.95. The number of nitrogens with one attached hydrogen (secondary N) is 1. The molecule has 6 heteroatoms. The molecule has 154 valence electrons. The van der Waals surface area contributed by atoms with Crippen LogP contribution in [0.2, 0.25) is 0 Å². The molecular weight excluding hydrogens is 370 g/mol. The summed E-state index contributed by atoms with van der Waals surface area (Å²) in [5.41, 5.74) is 2.45. The zero-order valence-corrected chi connectivity index (χ0v) is 17.2. The van der Waals surface area contributed by atoms with Crippen molar-refractivity contribution in [1.82, 2.24) is 0 Å². The number of carbonyl (C=O) groups is 2. The van der Waals surface area contributed by atoms with E-state index >= 15 is 0 Å². The Morgan fingerprint density at radius 3 is 2.55 bits per heavy atom. The molecule has 0 radical (unpaired) electrons. The molecule has 0 saturated carbocycles. The summed E-state index contributed by atoms with van der Waals surface area (Å²) < 4.78 is 15.5. The molecule has 1 N–H and O–H groups in total. The molecule has 0 saturated heterocycles. The molecule has 0 spiro atoms. The maximum absolute atomic E-state index is 12.2. The van der Waals surface area contributed by atoms with Crippen molar-refractivity contribution in [3.05, 3.63) is 59.7 Å². The molecule has 0 heterocycles. The summed E-state index contributed by atoms with van der Waals surface area (Å²) in [4.78, 5) is 24.2. The highest BCUT2D eigenvalue weighted by atomic mass is 16.5. The van der Waals surface area contributed by atoms with E-state index in [-0.39, 0.29) is 12.5 Å². The minimum absolute atomic E-state index is 0.315. The Morgan fingerprint density at radius 2 is 1.86 bits per heavy atom. The van der Waals surface area contributed by atoms with Crippen molar-refractivity contribution < 1.29 is 23.8 Å². The van der Waals surface area contributed by atoms with Gasteiger partial charge in [0.05, 0.1) is 14.2 Å². The SMILES string of the molecule is CC[C@H](C)c1ccccc1NC(=O)COC(=O)/C=C/c1cc(OC)ccc1OC. The van der Waals surface area contributed by atoms with E-state index in [1.54, 1.807) is 38.5 Å². The van der Waals surface area contributed by atoms with Crippen LogP contribution in [0.5, 0.6) is 11.5 Å². The number of esters is 1. The summed E-state index contributed by atoms with van der Waals surface area (Å²) in [6.45, 7) is 3.82.